The second-order valence-corrected chi connectivity index (χ2v) is 3.71. The summed E-state index contributed by atoms with van der Waals surface area (Å²) in [5.74, 6) is -0.213. The fourth-order valence-electron chi connectivity index (χ4n) is 1.20. The van der Waals surface area contributed by atoms with Gasteiger partial charge in [-0.2, -0.15) is 0 Å². The van der Waals surface area contributed by atoms with Crippen molar-refractivity contribution in [3.63, 3.8) is 0 Å². The highest BCUT2D eigenvalue weighted by Gasteiger charge is 2.20. The van der Waals surface area contributed by atoms with Crippen molar-refractivity contribution in [2.75, 3.05) is 19.6 Å². The number of likely N-dealkylation sites (N-methyl/N-ethyl adjacent to an activating group) is 1. The summed E-state index contributed by atoms with van der Waals surface area (Å²) in [6.45, 7) is 3.22. The predicted octanol–water partition coefficient (Wildman–Crippen LogP) is -0.619. The van der Waals surface area contributed by atoms with Gasteiger partial charge in [-0.25, -0.2) is 0 Å². The minimum Gasteiger partial charge on any atom is -0.355 e. The predicted molar refractivity (Wildman–Crippen MR) is 57.3 cm³/mol. The number of amides is 2. The first-order chi connectivity index (χ1) is 7.22. The van der Waals surface area contributed by atoms with Crippen molar-refractivity contribution in [2.24, 2.45) is 0 Å². The summed E-state index contributed by atoms with van der Waals surface area (Å²) >= 11 is 0. The van der Waals surface area contributed by atoms with Crippen molar-refractivity contribution in [1.82, 2.24) is 16.0 Å². The van der Waals surface area contributed by atoms with Crippen molar-refractivity contribution in [3.05, 3.63) is 0 Å². The molecule has 1 aliphatic rings. The topological polar surface area (TPSA) is 70.2 Å². The Bertz CT molecular complexity index is 227. The Labute approximate surface area is 90.0 Å². The van der Waals surface area contributed by atoms with E-state index < -0.39 is 0 Å². The van der Waals surface area contributed by atoms with E-state index in [4.69, 9.17) is 0 Å². The molecule has 86 valence electrons. The van der Waals surface area contributed by atoms with Crippen LogP contribution in [-0.2, 0) is 9.59 Å². The molecule has 0 spiro atoms. The van der Waals surface area contributed by atoms with E-state index >= 15 is 0 Å². The van der Waals surface area contributed by atoms with E-state index in [9.17, 15) is 9.59 Å². The standard InChI is InChI=1S/C10H19N3O2/c1-2-11-10(15)7-13-9(14)5-6-12-8-3-4-8/h8,12H,2-7H2,1H3,(H,11,15)(H,13,14). The smallest absolute Gasteiger partial charge is 0.239 e. The van der Waals surface area contributed by atoms with Crippen LogP contribution in [0.1, 0.15) is 26.2 Å². The SMILES string of the molecule is CCNC(=O)CNC(=O)CCNC1CC1. The molecule has 1 saturated carbocycles. The maximum Gasteiger partial charge on any atom is 0.239 e. The average molecular weight is 213 g/mol. The van der Waals surface area contributed by atoms with Gasteiger partial charge >= 0.3 is 0 Å². The molecule has 2 amide bonds. The van der Waals surface area contributed by atoms with Gasteiger partial charge in [0.25, 0.3) is 0 Å². The van der Waals surface area contributed by atoms with Gasteiger partial charge in [-0.3, -0.25) is 9.59 Å². The van der Waals surface area contributed by atoms with E-state index in [-0.39, 0.29) is 18.4 Å². The summed E-state index contributed by atoms with van der Waals surface area (Å²) < 4.78 is 0. The lowest BCUT2D eigenvalue weighted by Gasteiger charge is -2.05. The minimum atomic E-state index is -0.138. The number of hydrogen-bond donors (Lipinski definition) is 3. The zero-order chi connectivity index (χ0) is 11.1. The summed E-state index contributed by atoms with van der Waals surface area (Å²) in [5, 5.41) is 8.43. The second-order valence-electron chi connectivity index (χ2n) is 3.71. The van der Waals surface area contributed by atoms with Crippen molar-refractivity contribution in [3.8, 4) is 0 Å². The largest absolute Gasteiger partial charge is 0.355 e. The fourth-order valence-corrected chi connectivity index (χ4v) is 1.20. The molecule has 5 heteroatoms. The van der Waals surface area contributed by atoms with Crippen LogP contribution < -0.4 is 16.0 Å². The Kier molecular flexibility index (Phi) is 5.10. The van der Waals surface area contributed by atoms with Gasteiger partial charge in [0.1, 0.15) is 0 Å². The van der Waals surface area contributed by atoms with Crippen molar-refractivity contribution in [1.29, 1.82) is 0 Å². The molecular formula is C10H19N3O2. The highest BCUT2D eigenvalue weighted by molar-refractivity contribution is 5.84. The zero-order valence-corrected chi connectivity index (χ0v) is 9.14. The first kappa shape index (κ1) is 12.0. The van der Waals surface area contributed by atoms with Crippen molar-refractivity contribution in [2.45, 2.75) is 32.2 Å². The van der Waals surface area contributed by atoms with E-state index in [1.54, 1.807) is 0 Å². The summed E-state index contributed by atoms with van der Waals surface area (Å²) in [6.07, 6.45) is 2.89. The molecule has 0 aromatic carbocycles. The number of carbonyl (C=O) groups excluding carboxylic acids is 2. The Morgan fingerprint density at radius 2 is 1.93 bits per heavy atom. The highest BCUT2D eigenvalue weighted by Crippen LogP contribution is 2.18. The van der Waals surface area contributed by atoms with Crippen molar-refractivity contribution >= 4 is 11.8 Å². The molecular weight excluding hydrogens is 194 g/mol. The third kappa shape index (κ3) is 6.06. The minimum absolute atomic E-state index is 0.0746. The molecule has 0 aromatic heterocycles. The van der Waals surface area contributed by atoms with Crippen LogP contribution in [-0.4, -0.2) is 37.5 Å². The van der Waals surface area contributed by atoms with Gasteiger partial charge in [0.05, 0.1) is 6.54 Å². The quantitative estimate of drug-likeness (QED) is 0.528. The molecule has 0 atom stereocenters. The first-order valence-electron chi connectivity index (χ1n) is 5.49. The first-order valence-corrected chi connectivity index (χ1v) is 5.49. The molecule has 5 nitrogen and oxygen atoms in total. The van der Waals surface area contributed by atoms with Gasteiger partial charge in [-0.05, 0) is 19.8 Å². The van der Waals surface area contributed by atoms with Crippen LogP contribution in [0.15, 0.2) is 0 Å². The molecule has 15 heavy (non-hydrogen) atoms. The van der Waals surface area contributed by atoms with Crippen molar-refractivity contribution < 1.29 is 9.59 Å². The third-order valence-electron chi connectivity index (χ3n) is 2.18. The van der Waals surface area contributed by atoms with Gasteiger partial charge in [-0.15, -0.1) is 0 Å². The molecule has 0 radical (unpaired) electrons. The third-order valence-corrected chi connectivity index (χ3v) is 2.18. The lowest BCUT2D eigenvalue weighted by atomic mass is 10.4. The van der Waals surface area contributed by atoms with E-state index in [0.717, 1.165) is 0 Å². The lowest BCUT2D eigenvalue weighted by Crippen LogP contribution is -2.37. The highest BCUT2D eigenvalue weighted by atomic mass is 16.2. The van der Waals surface area contributed by atoms with Gasteiger partial charge in [0, 0.05) is 25.6 Å². The van der Waals surface area contributed by atoms with Gasteiger partial charge < -0.3 is 16.0 Å². The Balaban J connectivity index is 1.94. The maximum absolute atomic E-state index is 11.2. The number of carbonyl (C=O) groups is 2. The van der Waals surface area contributed by atoms with E-state index in [1.165, 1.54) is 12.8 Å². The molecule has 3 N–H and O–H groups in total. The summed E-state index contributed by atoms with van der Waals surface area (Å²) in [5.41, 5.74) is 0. The Morgan fingerprint density at radius 3 is 2.53 bits per heavy atom. The molecule has 1 rings (SSSR count). The molecule has 0 aromatic rings. The average Bonchev–Trinajstić information content (AvgIpc) is 2.99. The van der Waals surface area contributed by atoms with Crippen LogP contribution in [0.4, 0.5) is 0 Å². The summed E-state index contributed by atoms with van der Waals surface area (Å²) in [7, 11) is 0. The van der Waals surface area contributed by atoms with Crippen LogP contribution in [0.25, 0.3) is 0 Å². The normalized spacial score (nSPS) is 14.7. The van der Waals surface area contributed by atoms with Gasteiger partial charge in [0.2, 0.25) is 11.8 Å². The van der Waals surface area contributed by atoms with E-state index in [1.807, 2.05) is 6.92 Å². The van der Waals surface area contributed by atoms with Crippen LogP contribution in [0.5, 0.6) is 0 Å². The van der Waals surface area contributed by atoms with Crippen LogP contribution in [0.3, 0.4) is 0 Å². The van der Waals surface area contributed by atoms with Gasteiger partial charge in [-0.1, -0.05) is 0 Å². The zero-order valence-electron chi connectivity index (χ0n) is 9.14. The van der Waals surface area contributed by atoms with Crippen LogP contribution in [0, 0.1) is 0 Å². The molecule has 0 heterocycles. The van der Waals surface area contributed by atoms with Crippen LogP contribution >= 0.6 is 0 Å². The molecule has 0 unspecified atom stereocenters. The summed E-state index contributed by atoms with van der Waals surface area (Å²) in [4.78, 5) is 22.2. The Hall–Kier alpha value is -1.10. The Morgan fingerprint density at radius 1 is 1.20 bits per heavy atom. The fraction of sp³-hybridized carbons (Fsp3) is 0.800. The molecule has 1 aliphatic carbocycles. The summed E-state index contributed by atoms with van der Waals surface area (Å²) in [6, 6.07) is 0.626. The number of rotatable bonds is 7. The van der Waals surface area contributed by atoms with Crippen LogP contribution in [0.2, 0.25) is 0 Å². The molecule has 1 fully saturated rings. The lowest BCUT2D eigenvalue weighted by molar-refractivity contribution is -0.126. The number of hydrogen-bond acceptors (Lipinski definition) is 3. The monoisotopic (exact) mass is 213 g/mol. The molecule has 0 saturated heterocycles. The molecule has 0 bridgehead atoms. The van der Waals surface area contributed by atoms with E-state index in [0.29, 0.717) is 25.6 Å². The second kappa shape index (κ2) is 6.40. The molecule has 0 aliphatic heterocycles. The maximum atomic E-state index is 11.2. The number of nitrogens with one attached hydrogen (secondary N) is 3. The van der Waals surface area contributed by atoms with E-state index in [2.05, 4.69) is 16.0 Å². The van der Waals surface area contributed by atoms with Gasteiger partial charge in [0.15, 0.2) is 0 Å².